The fraction of sp³-hybridized carbons (Fsp3) is 0.500. The summed E-state index contributed by atoms with van der Waals surface area (Å²) < 4.78 is 26.2. The quantitative estimate of drug-likeness (QED) is 0.783. The first-order chi connectivity index (χ1) is 10.8. The van der Waals surface area contributed by atoms with Gasteiger partial charge in [-0.1, -0.05) is 0 Å². The summed E-state index contributed by atoms with van der Waals surface area (Å²) in [6.45, 7) is 1.83. The molecule has 8 nitrogen and oxygen atoms in total. The number of carboxylic acids is 1. The van der Waals surface area contributed by atoms with Crippen LogP contribution in [0.1, 0.15) is 19.8 Å². The molecule has 1 atom stereocenters. The van der Waals surface area contributed by atoms with Crippen molar-refractivity contribution in [1.82, 2.24) is 14.6 Å². The standard InChI is InChI=1S/C14H19N3O5S/c1-10(14(19)20)16-13(18)11-4-7-17(8-5-11)23(21,22)12-3-2-6-15-9-12/h2-3,6,9-11H,4-5,7-8H2,1H3,(H,16,18)(H,19,20)/t10-/m0/s1. The van der Waals surface area contributed by atoms with Crippen molar-refractivity contribution in [3.05, 3.63) is 24.5 Å². The van der Waals surface area contributed by atoms with Gasteiger partial charge in [0, 0.05) is 31.4 Å². The minimum absolute atomic E-state index is 0.127. The minimum Gasteiger partial charge on any atom is -0.480 e. The Labute approximate surface area is 134 Å². The molecular weight excluding hydrogens is 322 g/mol. The molecule has 126 valence electrons. The van der Waals surface area contributed by atoms with E-state index >= 15 is 0 Å². The van der Waals surface area contributed by atoms with E-state index < -0.39 is 22.0 Å². The number of piperidine rings is 1. The van der Waals surface area contributed by atoms with Gasteiger partial charge in [0.15, 0.2) is 0 Å². The van der Waals surface area contributed by atoms with Crippen LogP contribution in [0.4, 0.5) is 0 Å². The lowest BCUT2D eigenvalue weighted by molar-refractivity contribution is -0.142. The highest BCUT2D eigenvalue weighted by molar-refractivity contribution is 7.89. The summed E-state index contributed by atoms with van der Waals surface area (Å²) in [5.41, 5.74) is 0. The average molecular weight is 341 g/mol. The molecule has 0 aliphatic carbocycles. The van der Waals surface area contributed by atoms with Crippen molar-refractivity contribution in [1.29, 1.82) is 0 Å². The summed E-state index contributed by atoms with van der Waals surface area (Å²) in [6, 6.07) is 2.08. The number of pyridine rings is 1. The third-order valence-electron chi connectivity index (χ3n) is 3.83. The molecule has 1 amide bonds. The first-order valence-corrected chi connectivity index (χ1v) is 8.69. The monoisotopic (exact) mass is 341 g/mol. The Morgan fingerprint density at radius 3 is 2.57 bits per heavy atom. The minimum atomic E-state index is -3.60. The SMILES string of the molecule is C[C@H](NC(=O)C1CCN(S(=O)(=O)c2cccnc2)CC1)C(=O)O. The first-order valence-electron chi connectivity index (χ1n) is 7.25. The van der Waals surface area contributed by atoms with Gasteiger partial charge in [0.25, 0.3) is 0 Å². The largest absolute Gasteiger partial charge is 0.480 e. The molecule has 1 aromatic heterocycles. The van der Waals surface area contributed by atoms with E-state index in [0.29, 0.717) is 12.8 Å². The maximum absolute atomic E-state index is 12.4. The number of aliphatic carboxylic acids is 1. The molecule has 9 heteroatoms. The predicted molar refractivity (Wildman–Crippen MR) is 81.0 cm³/mol. The fourth-order valence-electron chi connectivity index (χ4n) is 2.40. The molecule has 1 aliphatic rings. The van der Waals surface area contributed by atoms with E-state index in [2.05, 4.69) is 10.3 Å². The van der Waals surface area contributed by atoms with Gasteiger partial charge in [-0.15, -0.1) is 0 Å². The molecule has 0 spiro atoms. The Morgan fingerprint density at radius 2 is 2.04 bits per heavy atom. The molecule has 0 aromatic carbocycles. The van der Waals surface area contributed by atoms with Crippen LogP contribution >= 0.6 is 0 Å². The summed E-state index contributed by atoms with van der Waals surface area (Å²) in [6.07, 6.45) is 3.51. The molecule has 1 saturated heterocycles. The molecule has 2 heterocycles. The van der Waals surface area contributed by atoms with Crippen LogP contribution < -0.4 is 5.32 Å². The number of hydrogen-bond donors (Lipinski definition) is 2. The Bertz CT molecular complexity index is 669. The number of carboxylic acid groups (broad SMARTS) is 1. The second kappa shape index (κ2) is 7.05. The highest BCUT2D eigenvalue weighted by Crippen LogP contribution is 2.23. The number of nitrogens with zero attached hydrogens (tertiary/aromatic N) is 2. The summed E-state index contributed by atoms with van der Waals surface area (Å²) in [5, 5.41) is 11.2. The first kappa shape index (κ1) is 17.4. The molecule has 1 aromatic rings. The van der Waals surface area contributed by atoms with Crippen LogP contribution in [0.25, 0.3) is 0 Å². The number of nitrogens with one attached hydrogen (secondary N) is 1. The average Bonchev–Trinajstić information content (AvgIpc) is 2.55. The number of sulfonamides is 1. The summed E-state index contributed by atoms with van der Waals surface area (Å²) in [7, 11) is -3.60. The molecular formula is C14H19N3O5S. The van der Waals surface area contributed by atoms with E-state index in [4.69, 9.17) is 5.11 Å². The Kier molecular flexibility index (Phi) is 5.32. The van der Waals surface area contributed by atoms with E-state index in [0.717, 1.165) is 0 Å². The zero-order valence-corrected chi connectivity index (χ0v) is 13.5. The van der Waals surface area contributed by atoms with E-state index in [-0.39, 0.29) is 29.8 Å². The van der Waals surface area contributed by atoms with Gasteiger partial charge in [-0.25, -0.2) is 8.42 Å². The van der Waals surface area contributed by atoms with Crippen molar-refractivity contribution in [2.24, 2.45) is 5.92 Å². The smallest absolute Gasteiger partial charge is 0.325 e. The Hall–Kier alpha value is -2.00. The van der Waals surface area contributed by atoms with Crippen LogP contribution in [-0.2, 0) is 19.6 Å². The number of hydrogen-bond acceptors (Lipinski definition) is 5. The van der Waals surface area contributed by atoms with Crippen molar-refractivity contribution in [3.8, 4) is 0 Å². The van der Waals surface area contributed by atoms with E-state index in [9.17, 15) is 18.0 Å². The van der Waals surface area contributed by atoms with Crippen LogP contribution in [0.15, 0.2) is 29.4 Å². The van der Waals surface area contributed by atoms with Crippen molar-refractivity contribution < 1.29 is 23.1 Å². The van der Waals surface area contributed by atoms with Gasteiger partial charge in [0.05, 0.1) is 0 Å². The second-order valence-electron chi connectivity index (χ2n) is 5.44. The number of amides is 1. The van der Waals surface area contributed by atoms with Gasteiger partial charge < -0.3 is 10.4 Å². The molecule has 0 unspecified atom stereocenters. The molecule has 0 bridgehead atoms. The molecule has 23 heavy (non-hydrogen) atoms. The Balaban J connectivity index is 1.96. The van der Waals surface area contributed by atoms with Crippen LogP contribution in [0.2, 0.25) is 0 Å². The van der Waals surface area contributed by atoms with E-state index in [1.807, 2.05) is 0 Å². The normalized spacial score (nSPS) is 18.3. The lowest BCUT2D eigenvalue weighted by Crippen LogP contribution is -2.46. The molecule has 1 fully saturated rings. The van der Waals surface area contributed by atoms with Crippen LogP contribution in [0.5, 0.6) is 0 Å². The van der Waals surface area contributed by atoms with Crippen molar-refractivity contribution >= 4 is 21.9 Å². The van der Waals surface area contributed by atoms with Crippen molar-refractivity contribution in [3.63, 3.8) is 0 Å². The van der Waals surface area contributed by atoms with Crippen molar-refractivity contribution in [2.45, 2.75) is 30.7 Å². The predicted octanol–water partition coefficient (Wildman–Crippen LogP) is 0.0716. The van der Waals surface area contributed by atoms with Crippen molar-refractivity contribution in [2.75, 3.05) is 13.1 Å². The molecule has 2 N–H and O–H groups in total. The highest BCUT2D eigenvalue weighted by atomic mass is 32.2. The van der Waals surface area contributed by atoms with E-state index in [1.54, 1.807) is 6.07 Å². The van der Waals surface area contributed by atoms with Crippen LogP contribution in [0.3, 0.4) is 0 Å². The summed E-state index contributed by atoms with van der Waals surface area (Å²) in [4.78, 5) is 26.7. The van der Waals surface area contributed by atoms with Gasteiger partial charge >= 0.3 is 5.97 Å². The third-order valence-corrected chi connectivity index (χ3v) is 5.71. The Morgan fingerprint density at radius 1 is 1.39 bits per heavy atom. The van der Waals surface area contributed by atoms with Gasteiger partial charge in [0.1, 0.15) is 10.9 Å². The highest BCUT2D eigenvalue weighted by Gasteiger charge is 2.32. The third kappa shape index (κ3) is 4.05. The number of aromatic nitrogens is 1. The molecule has 2 rings (SSSR count). The molecule has 0 radical (unpaired) electrons. The maximum Gasteiger partial charge on any atom is 0.325 e. The lowest BCUT2D eigenvalue weighted by atomic mass is 9.97. The summed E-state index contributed by atoms with van der Waals surface area (Å²) in [5.74, 6) is -1.83. The van der Waals surface area contributed by atoms with Crippen LogP contribution in [-0.4, -0.2) is 53.8 Å². The molecule has 0 saturated carbocycles. The topological polar surface area (TPSA) is 117 Å². The second-order valence-corrected chi connectivity index (χ2v) is 7.37. The zero-order chi connectivity index (χ0) is 17.0. The van der Waals surface area contributed by atoms with Gasteiger partial charge in [-0.2, -0.15) is 4.31 Å². The van der Waals surface area contributed by atoms with Crippen LogP contribution in [0, 0.1) is 5.92 Å². The van der Waals surface area contributed by atoms with Gasteiger partial charge in [0.2, 0.25) is 15.9 Å². The number of rotatable bonds is 5. The molecule has 1 aliphatic heterocycles. The van der Waals surface area contributed by atoms with E-state index in [1.165, 1.54) is 29.7 Å². The number of carbonyl (C=O) groups excluding carboxylic acids is 1. The maximum atomic E-state index is 12.4. The lowest BCUT2D eigenvalue weighted by Gasteiger charge is -2.30. The zero-order valence-electron chi connectivity index (χ0n) is 12.7. The number of carbonyl (C=O) groups is 2. The van der Waals surface area contributed by atoms with Gasteiger partial charge in [-0.3, -0.25) is 14.6 Å². The fourth-order valence-corrected chi connectivity index (χ4v) is 3.83. The van der Waals surface area contributed by atoms with Gasteiger partial charge in [-0.05, 0) is 31.9 Å². The summed E-state index contributed by atoms with van der Waals surface area (Å²) >= 11 is 0.